The monoisotopic (exact) mass is 326 g/mol. The third kappa shape index (κ3) is 2.78. The van der Waals surface area contributed by atoms with Crippen molar-refractivity contribution in [1.82, 2.24) is 0 Å². The molecule has 0 amide bonds. The number of azo groups is 1. The standard InChI is InChI=1S/C18H18N2O4/c1-21-12-5-6-13-14(19-20-15(13)10-12)7-11-8-16(22-2)18(24-4)17(9-11)23-3/h5-10H,1-4H3/b14-7+. The van der Waals surface area contributed by atoms with Crippen molar-refractivity contribution in [2.24, 2.45) is 10.2 Å². The van der Waals surface area contributed by atoms with Gasteiger partial charge >= 0.3 is 0 Å². The zero-order valence-electron chi connectivity index (χ0n) is 14.0. The molecule has 0 saturated heterocycles. The van der Waals surface area contributed by atoms with E-state index in [9.17, 15) is 0 Å². The van der Waals surface area contributed by atoms with Gasteiger partial charge in [0.25, 0.3) is 0 Å². The van der Waals surface area contributed by atoms with Crippen molar-refractivity contribution in [1.29, 1.82) is 0 Å². The van der Waals surface area contributed by atoms with Crippen molar-refractivity contribution in [2.75, 3.05) is 28.4 Å². The molecule has 0 aliphatic carbocycles. The van der Waals surface area contributed by atoms with E-state index in [-0.39, 0.29) is 0 Å². The van der Waals surface area contributed by atoms with Crippen LogP contribution in [0.25, 0.3) is 11.8 Å². The maximum absolute atomic E-state index is 5.38. The first-order chi connectivity index (χ1) is 11.7. The summed E-state index contributed by atoms with van der Waals surface area (Å²) in [6, 6.07) is 9.42. The third-order valence-corrected chi connectivity index (χ3v) is 3.74. The Kier molecular flexibility index (Phi) is 4.37. The highest BCUT2D eigenvalue weighted by Gasteiger charge is 2.17. The summed E-state index contributed by atoms with van der Waals surface area (Å²) in [7, 11) is 6.38. The van der Waals surface area contributed by atoms with Crippen LogP contribution >= 0.6 is 0 Å². The molecular weight excluding hydrogens is 308 g/mol. The summed E-state index contributed by atoms with van der Waals surface area (Å²) < 4.78 is 21.3. The van der Waals surface area contributed by atoms with Crippen molar-refractivity contribution in [3.63, 3.8) is 0 Å². The summed E-state index contributed by atoms with van der Waals surface area (Å²) in [5, 5.41) is 8.44. The van der Waals surface area contributed by atoms with Crippen LogP contribution in [0.5, 0.6) is 23.0 Å². The fraction of sp³-hybridized carbons (Fsp3) is 0.222. The Labute approximate surface area is 140 Å². The summed E-state index contributed by atoms with van der Waals surface area (Å²) in [6.07, 6.45) is 1.92. The molecule has 1 aliphatic heterocycles. The number of hydrogen-bond acceptors (Lipinski definition) is 6. The summed E-state index contributed by atoms with van der Waals surface area (Å²) in [6.45, 7) is 0. The molecule has 0 bridgehead atoms. The molecule has 2 aromatic carbocycles. The summed E-state index contributed by atoms with van der Waals surface area (Å²) >= 11 is 0. The Balaban J connectivity index is 2.04. The quantitative estimate of drug-likeness (QED) is 0.821. The van der Waals surface area contributed by atoms with Crippen LogP contribution < -0.4 is 18.9 Å². The molecule has 6 nitrogen and oxygen atoms in total. The highest BCUT2D eigenvalue weighted by molar-refractivity contribution is 5.88. The van der Waals surface area contributed by atoms with Crippen molar-refractivity contribution >= 4 is 17.5 Å². The smallest absolute Gasteiger partial charge is 0.203 e. The van der Waals surface area contributed by atoms with Crippen molar-refractivity contribution in [2.45, 2.75) is 0 Å². The van der Waals surface area contributed by atoms with Crippen LogP contribution in [0.2, 0.25) is 0 Å². The molecule has 0 N–H and O–H groups in total. The molecule has 0 aromatic heterocycles. The highest BCUT2D eigenvalue weighted by Crippen LogP contribution is 2.41. The van der Waals surface area contributed by atoms with Gasteiger partial charge in [-0.15, -0.1) is 10.2 Å². The van der Waals surface area contributed by atoms with Gasteiger partial charge < -0.3 is 18.9 Å². The van der Waals surface area contributed by atoms with Crippen molar-refractivity contribution < 1.29 is 18.9 Å². The van der Waals surface area contributed by atoms with Crippen LogP contribution in [0.4, 0.5) is 5.69 Å². The topological polar surface area (TPSA) is 61.6 Å². The van der Waals surface area contributed by atoms with E-state index in [0.717, 1.165) is 28.3 Å². The fourth-order valence-electron chi connectivity index (χ4n) is 2.55. The van der Waals surface area contributed by atoms with E-state index in [1.165, 1.54) is 0 Å². The first kappa shape index (κ1) is 15.9. The molecule has 0 saturated carbocycles. The summed E-state index contributed by atoms with van der Waals surface area (Å²) in [5.74, 6) is 2.49. The SMILES string of the molecule is COc1ccc2c(c1)N=N/C2=C/c1cc(OC)c(OC)c(OC)c1. The molecule has 2 aromatic rings. The summed E-state index contributed by atoms with van der Waals surface area (Å²) in [5.41, 5.74) is 3.38. The van der Waals surface area contributed by atoms with E-state index in [1.807, 2.05) is 36.4 Å². The molecule has 6 heteroatoms. The lowest BCUT2D eigenvalue weighted by atomic mass is 10.1. The second-order valence-electron chi connectivity index (χ2n) is 5.07. The summed E-state index contributed by atoms with van der Waals surface area (Å²) in [4.78, 5) is 0. The Bertz CT molecular complexity index is 803. The molecule has 24 heavy (non-hydrogen) atoms. The Morgan fingerprint density at radius 2 is 1.50 bits per heavy atom. The predicted octanol–water partition coefficient (Wildman–Crippen LogP) is 4.32. The average molecular weight is 326 g/mol. The van der Waals surface area contributed by atoms with Gasteiger partial charge in [0, 0.05) is 11.6 Å². The molecule has 0 unspecified atom stereocenters. The lowest BCUT2D eigenvalue weighted by Crippen LogP contribution is -1.95. The van der Waals surface area contributed by atoms with Gasteiger partial charge in [0.05, 0.1) is 39.8 Å². The largest absolute Gasteiger partial charge is 0.497 e. The molecule has 3 rings (SSSR count). The van der Waals surface area contributed by atoms with E-state index in [2.05, 4.69) is 10.2 Å². The number of methoxy groups -OCH3 is 4. The Morgan fingerprint density at radius 3 is 2.08 bits per heavy atom. The first-order valence-corrected chi connectivity index (χ1v) is 7.32. The van der Waals surface area contributed by atoms with E-state index >= 15 is 0 Å². The molecular formula is C18H18N2O4. The molecule has 0 fully saturated rings. The fourth-order valence-corrected chi connectivity index (χ4v) is 2.55. The van der Waals surface area contributed by atoms with E-state index in [0.29, 0.717) is 17.2 Å². The molecule has 0 radical (unpaired) electrons. The molecule has 124 valence electrons. The maximum atomic E-state index is 5.38. The molecule has 0 atom stereocenters. The minimum Gasteiger partial charge on any atom is -0.497 e. The van der Waals surface area contributed by atoms with Gasteiger partial charge in [-0.1, -0.05) is 0 Å². The predicted molar refractivity (Wildman–Crippen MR) is 91.5 cm³/mol. The molecule has 1 aliphatic rings. The van der Waals surface area contributed by atoms with Gasteiger partial charge in [-0.2, -0.15) is 0 Å². The molecule has 1 heterocycles. The minimum absolute atomic E-state index is 0.556. The first-order valence-electron chi connectivity index (χ1n) is 7.32. The van der Waals surface area contributed by atoms with Gasteiger partial charge in [-0.3, -0.25) is 0 Å². The van der Waals surface area contributed by atoms with Gasteiger partial charge in [-0.05, 0) is 35.9 Å². The van der Waals surface area contributed by atoms with Gasteiger partial charge in [0.2, 0.25) is 5.75 Å². The number of hydrogen-bond donors (Lipinski definition) is 0. The lowest BCUT2D eigenvalue weighted by molar-refractivity contribution is 0.324. The number of nitrogens with zero attached hydrogens (tertiary/aromatic N) is 2. The number of benzene rings is 2. The average Bonchev–Trinajstić information content (AvgIpc) is 3.02. The third-order valence-electron chi connectivity index (χ3n) is 3.74. The lowest BCUT2D eigenvalue weighted by Gasteiger charge is -2.13. The van der Waals surface area contributed by atoms with Crippen molar-refractivity contribution in [3.05, 3.63) is 41.5 Å². The van der Waals surface area contributed by atoms with E-state index < -0.39 is 0 Å². The number of rotatable bonds is 5. The van der Waals surface area contributed by atoms with E-state index in [1.54, 1.807) is 28.4 Å². The second-order valence-corrected chi connectivity index (χ2v) is 5.07. The highest BCUT2D eigenvalue weighted by atomic mass is 16.5. The van der Waals surface area contributed by atoms with Crippen LogP contribution in [0.3, 0.4) is 0 Å². The zero-order chi connectivity index (χ0) is 17.1. The molecule has 0 spiro atoms. The van der Waals surface area contributed by atoms with Gasteiger partial charge in [-0.25, -0.2) is 0 Å². The second kappa shape index (κ2) is 6.62. The Hall–Kier alpha value is -3.02. The van der Waals surface area contributed by atoms with Crippen LogP contribution in [-0.4, -0.2) is 28.4 Å². The van der Waals surface area contributed by atoms with Gasteiger partial charge in [0.1, 0.15) is 5.75 Å². The van der Waals surface area contributed by atoms with Crippen LogP contribution in [0, 0.1) is 0 Å². The van der Waals surface area contributed by atoms with Crippen LogP contribution in [0.15, 0.2) is 40.6 Å². The van der Waals surface area contributed by atoms with Gasteiger partial charge in [0.15, 0.2) is 11.5 Å². The van der Waals surface area contributed by atoms with Crippen molar-refractivity contribution in [3.8, 4) is 23.0 Å². The number of fused-ring (bicyclic) bond motifs is 1. The Morgan fingerprint density at radius 1 is 0.792 bits per heavy atom. The van der Waals surface area contributed by atoms with Crippen LogP contribution in [0.1, 0.15) is 11.1 Å². The maximum Gasteiger partial charge on any atom is 0.203 e. The number of ether oxygens (including phenoxy) is 4. The zero-order valence-corrected chi connectivity index (χ0v) is 14.0. The minimum atomic E-state index is 0.556. The van der Waals surface area contributed by atoms with Crippen LogP contribution in [-0.2, 0) is 0 Å². The normalized spacial score (nSPS) is 13.8. The van der Waals surface area contributed by atoms with E-state index in [4.69, 9.17) is 18.9 Å².